The molecule has 0 saturated heterocycles. The molecule has 0 amide bonds. The lowest BCUT2D eigenvalue weighted by Gasteiger charge is -1.99. The van der Waals surface area contributed by atoms with Gasteiger partial charge in [-0.15, -0.1) is 5.11 Å². The van der Waals surface area contributed by atoms with Crippen LogP contribution in [-0.4, -0.2) is 14.8 Å². The van der Waals surface area contributed by atoms with Crippen molar-refractivity contribution >= 4 is 28.4 Å². The van der Waals surface area contributed by atoms with Crippen LogP contribution in [0.15, 0.2) is 52.7 Å². The third-order valence-corrected chi connectivity index (χ3v) is 2.70. The molecule has 2 aromatic carbocycles. The standard InChI is InChI=1S/C12H7N5O6/c18-15(19)10-7-6-9(11(16(20)21)12(10)17(22)23)14-13-8-4-2-1-3-5-8/h1-7H. The van der Waals surface area contributed by atoms with Crippen molar-refractivity contribution in [1.29, 1.82) is 0 Å². The molecular formula is C12H7N5O6. The quantitative estimate of drug-likeness (QED) is 0.463. The second-order valence-electron chi connectivity index (χ2n) is 4.11. The van der Waals surface area contributed by atoms with E-state index < -0.39 is 37.5 Å². The van der Waals surface area contributed by atoms with E-state index in [9.17, 15) is 30.3 Å². The molecule has 2 rings (SSSR count). The lowest BCUT2D eigenvalue weighted by Crippen LogP contribution is -2.01. The maximum atomic E-state index is 11.1. The molecule has 0 aromatic heterocycles. The largest absolute Gasteiger partial charge is 0.424 e. The summed E-state index contributed by atoms with van der Waals surface area (Å²) in [7, 11) is 0. The summed E-state index contributed by atoms with van der Waals surface area (Å²) in [6.45, 7) is 0. The summed E-state index contributed by atoms with van der Waals surface area (Å²) in [4.78, 5) is 29.6. The molecule has 0 bridgehead atoms. The summed E-state index contributed by atoms with van der Waals surface area (Å²) in [5.41, 5.74) is -3.38. The van der Waals surface area contributed by atoms with Gasteiger partial charge in [0, 0.05) is 6.07 Å². The maximum absolute atomic E-state index is 11.1. The van der Waals surface area contributed by atoms with E-state index in [4.69, 9.17) is 0 Å². The predicted octanol–water partition coefficient (Wildman–Crippen LogP) is 3.83. The Morgan fingerprint density at radius 3 is 1.83 bits per heavy atom. The van der Waals surface area contributed by atoms with Crippen molar-refractivity contribution in [3.63, 3.8) is 0 Å². The number of benzene rings is 2. The average molecular weight is 317 g/mol. The molecule has 2 aromatic rings. The van der Waals surface area contributed by atoms with E-state index in [0.29, 0.717) is 5.69 Å². The number of nitro benzene ring substituents is 3. The van der Waals surface area contributed by atoms with Crippen molar-refractivity contribution in [2.45, 2.75) is 0 Å². The Morgan fingerprint density at radius 2 is 1.30 bits per heavy atom. The zero-order valence-electron chi connectivity index (χ0n) is 11.2. The topological polar surface area (TPSA) is 154 Å². The molecule has 0 heterocycles. The van der Waals surface area contributed by atoms with Crippen LogP contribution in [0.2, 0.25) is 0 Å². The van der Waals surface area contributed by atoms with Crippen molar-refractivity contribution in [1.82, 2.24) is 0 Å². The van der Waals surface area contributed by atoms with Crippen molar-refractivity contribution < 1.29 is 14.8 Å². The van der Waals surface area contributed by atoms with Gasteiger partial charge in [-0.3, -0.25) is 30.3 Å². The lowest BCUT2D eigenvalue weighted by atomic mass is 10.2. The van der Waals surface area contributed by atoms with Gasteiger partial charge in [0.2, 0.25) is 0 Å². The number of hydrogen-bond donors (Lipinski definition) is 0. The monoisotopic (exact) mass is 317 g/mol. The average Bonchev–Trinajstić information content (AvgIpc) is 2.52. The van der Waals surface area contributed by atoms with Crippen LogP contribution < -0.4 is 0 Å². The highest BCUT2D eigenvalue weighted by atomic mass is 16.6. The number of nitro groups is 3. The summed E-state index contributed by atoms with van der Waals surface area (Å²) in [5.74, 6) is 0. The zero-order valence-corrected chi connectivity index (χ0v) is 11.2. The molecule has 0 fully saturated rings. The van der Waals surface area contributed by atoms with Crippen molar-refractivity contribution in [2.24, 2.45) is 10.2 Å². The van der Waals surface area contributed by atoms with Gasteiger partial charge in [0.1, 0.15) is 0 Å². The highest BCUT2D eigenvalue weighted by Crippen LogP contribution is 2.43. The minimum atomic E-state index is -1.23. The smallest absolute Gasteiger partial charge is 0.258 e. The molecule has 0 atom stereocenters. The minimum Gasteiger partial charge on any atom is -0.258 e. The maximum Gasteiger partial charge on any atom is 0.424 e. The van der Waals surface area contributed by atoms with Gasteiger partial charge >= 0.3 is 17.1 Å². The number of nitrogens with zero attached hydrogens (tertiary/aromatic N) is 5. The van der Waals surface area contributed by atoms with Crippen molar-refractivity contribution in [3.8, 4) is 0 Å². The SMILES string of the molecule is O=[N+]([O-])c1ccc(N=Nc2ccccc2)c([N+](=O)[O-])c1[N+](=O)[O-]. The summed E-state index contributed by atoms with van der Waals surface area (Å²) < 4.78 is 0. The molecule has 0 unspecified atom stereocenters. The molecule has 0 aliphatic heterocycles. The van der Waals surface area contributed by atoms with Gasteiger partial charge in [0.15, 0.2) is 5.69 Å². The van der Waals surface area contributed by atoms with Crippen LogP contribution in [0.5, 0.6) is 0 Å². The van der Waals surface area contributed by atoms with Gasteiger partial charge in [-0.2, -0.15) is 5.11 Å². The lowest BCUT2D eigenvalue weighted by molar-refractivity contribution is -0.440. The van der Waals surface area contributed by atoms with Gasteiger partial charge in [0.25, 0.3) is 0 Å². The van der Waals surface area contributed by atoms with E-state index in [1.54, 1.807) is 30.3 Å². The van der Waals surface area contributed by atoms with Gasteiger partial charge in [-0.25, -0.2) is 0 Å². The Kier molecular flexibility index (Phi) is 4.31. The first-order valence-corrected chi connectivity index (χ1v) is 5.98. The molecule has 0 N–H and O–H groups in total. The van der Waals surface area contributed by atoms with E-state index in [0.717, 1.165) is 12.1 Å². The Bertz CT molecular complexity index is 820. The summed E-state index contributed by atoms with van der Waals surface area (Å²) in [5, 5.41) is 40.2. The van der Waals surface area contributed by atoms with Crippen molar-refractivity contribution in [2.75, 3.05) is 0 Å². The van der Waals surface area contributed by atoms with Gasteiger partial charge in [0.05, 0.1) is 20.5 Å². The summed E-state index contributed by atoms with van der Waals surface area (Å²) >= 11 is 0. The number of rotatable bonds is 5. The predicted molar refractivity (Wildman–Crippen MR) is 77.0 cm³/mol. The van der Waals surface area contributed by atoms with Crippen LogP contribution in [0.1, 0.15) is 0 Å². The Hall–Kier alpha value is -3.76. The van der Waals surface area contributed by atoms with E-state index in [1.165, 1.54) is 0 Å². The van der Waals surface area contributed by atoms with E-state index in [-0.39, 0.29) is 0 Å². The first kappa shape index (κ1) is 15.6. The highest BCUT2D eigenvalue weighted by molar-refractivity contribution is 5.76. The Balaban J connectivity index is 2.63. The number of azo groups is 1. The third-order valence-electron chi connectivity index (χ3n) is 2.70. The summed E-state index contributed by atoms with van der Waals surface area (Å²) in [6.07, 6.45) is 0. The second kappa shape index (κ2) is 6.34. The Labute approximate surface area is 127 Å². The summed E-state index contributed by atoms with van der Waals surface area (Å²) in [6, 6.07) is 9.88. The Morgan fingerprint density at radius 1 is 0.696 bits per heavy atom. The fraction of sp³-hybridized carbons (Fsp3) is 0. The molecule has 0 radical (unpaired) electrons. The molecule has 0 spiro atoms. The van der Waals surface area contributed by atoms with Crippen LogP contribution >= 0.6 is 0 Å². The van der Waals surface area contributed by atoms with Crippen LogP contribution in [0, 0.1) is 30.3 Å². The molecular weight excluding hydrogens is 310 g/mol. The van der Waals surface area contributed by atoms with Gasteiger partial charge in [-0.1, -0.05) is 18.2 Å². The molecule has 0 aliphatic rings. The van der Waals surface area contributed by atoms with E-state index >= 15 is 0 Å². The molecule has 0 saturated carbocycles. The fourth-order valence-electron chi connectivity index (χ4n) is 1.75. The molecule has 0 aliphatic carbocycles. The van der Waals surface area contributed by atoms with Crippen LogP contribution in [0.4, 0.5) is 28.4 Å². The highest BCUT2D eigenvalue weighted by Gasteiger charge is 2.39. The van der Waals surface area contributed by atoms with E-state index in [2.05, 4.69) is 10.2 Å². The molecule has 23 heavy (non-hydrogen) atoms. The second-order valence-corrected chi connectivity index (χ2v) is 4.11. The molecule has 116 valence electrons. The van der Waals surface area contributed by atoms with Crippen LogP contribution in [0.3, 0.4) is 0 Å². The zero-order chi connectivity index (χ0) is 17.0. The van der Waals surface area contributed by atoms with Crippen LogP contribution in [0.25, 0.3) is 0 Å². The first-order chi connectivity index (χ1) is 10.9. The third kappa shape index (κ3) is 3.29. The fourth-order valence-corrected chi connectivity index (χ4v) is 1.75. The molecule has 11 nitrogen and oxygen atoms in total. The normalized spacial score (nSPS) is 10.6. The number of hydrogen-bond acceptors (Lipinski definition) is 8. The van der Waals surface area contributed by atoms with Crippen molar-refractivity contribution in [3.05, 3.63) is 72.8 Å². The van der Waals surface area contributed by atoms with Gasteiger partial charge in [-0.05, 0) is 18.2 Å². The van der Waals surface area contributed by atoms with Crippen LogP contribution in [-0.2, 0) is 0 Å². The van der Waals surface area contributed by atoms with E-state index in [1.807, 2.05) is 0 Å². The van der Waals surface area contributed by atoms with Gasteiger partial charge < -0.3 is 0 Å². The first-order valence-electron chi connectivity index (χ1n) is 5.98. The molecule has 11 heteroatoms. The minimum absolute atomic E-state index is 0.364.